The summed E-state index contributed by atoms with van der Waals surface area (Å²) < 4.78 is 23.5. The molecule has 0 spiro atoms. The smallest absolute Gasteiger partial charge is 0.351 e. The number of thiophene rings is 1. The number of carbonyl (C=O) groups is 1. The molecule has 0 aliphatic heterocycles. The average molecular weight is 518 g/mol. The summed E-state index contributed by atoms with van der Waals surface area (Å²) in [5, 5.41) is 11.9. The van der Waals surface area contributed by atoms with E-state index in [1.165, 1.54) is 26.4 Å². The number of hydrogen-bond acceptors (Lipinski definition) is 9. The molecule has 4 rings (SSSR count). The van der Waals surface area contributed by atoms with Gasteiger partial charge in [0.25, 0.3) is 5.69 Å². The fourth-order valence-electron chi connectivity index (χ4n) is 3.56. The number of nitrogens with zero attached hydrogens (tertiary/aromatic N) is 3. The Hall–Kier alpha value is -3.83. The van der Waals surface area contributed by atoms with Gasteiger partial charge < -0.3 is 18.9 Å². The molecular weight excluding hydrogens is 498 g/mol. The Morgan fingerprint density at radius 1 is 1.14 bits per heavy atom. The average Bonchev–Trinajstić information content (AvgIpc) is 3.45. The lowest BCUT2D eigenvalue weighted by molar-refractivity contribution is -0.384. The standard InChI is InChI=1S/C23H20ClN3O7S/c1-12(13-6-5-7-15(21(13)24)27(29)30)34-19-10-20(35-22(19)23(28)33-4)26-11-25-14-8-17(31-2)18(32-3)9-16(14)26/h5-12H,1-4H3. The number of ether oxygens (including phenoxy) is 4. The summed E-state index contributed by atoms with van der Waals surface area (Å²) >= 11 is 7.40. The van der Waals surface area contributed by atoms with Crippen LogP contribution in [-0.2, 0) is 4.74 Å². The van der Waals surface area contributed by atoms with E-state index in [-0.39, 0.29) is 21.3 Å². The van der Waals surface area contributed by atoms with Crippen LogP contribution in [0.25, 0.3) is 16.0 Å². The second-order valence-corrected chi connectivity index (χ2v) is 8.69. The van der Waals surface area contributed by atoms with Crippen molar-refractivity contribution in [1.29, 1.82) is 0 Å². The fourth-order valence-corrected chi connectivity index (χ4v) is 4.90. The quantitative estimate of drug-likeness (QED) is 0.169. The van der Waals surface area contributed by atoms with Gasteiger partial charge in [-0.15, -0.1) is 11.3 Å². The van der Waals surface area contributed by atoms with Gasteiger partial charge >= 0.3 is 5.97 Å². The molecule has 35 heavy (non-hydrogen) atoms. The number of nitro groups is 1. The van der Waals surface area contributed by atoms with Gasteiger partial charge in [-0.25, -0.2) is 9.78 Å². The lowest BCUT2D eigenvalue weighted by Gasteiger charge is -2.16. The highest BCUT2D eigenvalue weighted by Crippen LogP contribution is 2.40. The molecule has 182 valence electrons. The number of esters is 1. The van der Waals surface area contributed by atoms with Crippen molar-refractivity contribution in [2.75, 3.05) is 21.3 Å². The predicted molar refractivity (Wildman–Crippen MR) is 131 cm³/mol. The summed E-state index contributed by atoms with van der Waals surface area (Å²) in [5.41, 5.74) is 1.57. The van der Waals surface area contributed by atoms with Crippen molar-refractivity contribution in [3.05, 3.63) is 68.3 Å². The summed E-state index contributed by atoms with van der Waals surface area (Å²) in [4.78, 5) is 27.9. The molecule has 0 saturated heterocycles. The van der Waals surface area contributed by atoms with Gasteiger partial charge in [0.1, 0.15) is 28.2 Å². The number of imidazole rings is 1. The van der Waals surface area contributed by atoms with Crippen molar-refractivity contribution in [3.63, 3.8) is 0 Å². The zero-order chi connectivity index (χ0) is 25.3. The van der Waals surface area contributed by atoms with Crippen molar-refractivity contribution < 1.29 is 28.7 Å². The third kappa shape index (κ3) is 4.47. The molecule has 2 heterocycles. The summed E-state index contributed by atoms with van der Waals surface area (Å²) in [6, 6.07) is 9.69. The molecular formula is C23H20ClN3O7S. The number of halogens is 1. The van der Waals surface area contributed by atoms with Crippen LogP contribution in [0.1, 0.15) is 28.3 Å². The van der Waals surface area contributed by atoms with Crippen LogP contribution < -0.4 is 14.2 Å². The minimum Gasteiger partial charge on any atom is -0.493 e. The van der Waals surface area contributed by atoms with Crippen LogP contribution in [-0.4, -0.2) is 41.8 Å². The first-order chi connectivity index (χ1) is 16.8. The highest BCUT2D eigenvalue weighted by Gasteiger charge is 2.25. The van der Waals surface area contributed by atoms with Gasteiger partial charge in [0.05, 0.1) is 37.3 Å². The first kappa shape index (κ1) is 24.3. The second-order valence-electron chi connectivity index (χ2n) is 7.28. The molecule has 1 unspecified atom stereocenters. The van der Waals surface area contributed by atoms with Gasteiger partial charge in [-0.05, 0) is 6.92 Å². The number of hydrogen-bond donors (Lipinski definition) is 0. The summed E-state index contributed by atoms with van der Waals surface area (Å²) in [5.74, 6) is 0.724. The number of rotatable bonds is 8. The Morgan fingerprint density at radius 3 is 2.51 bits per heavy atom. The predicted octanol–water partition coefficient (Wildman–Crippen LogP) is 5.59. The molecule has 10 nitrogen and oxygen atoms in total. The lowest BCUT2D eigenvalue weighted by Crippen LogP contribution is -2.07. The number of aromatic nitrogens is 2. The second kappa shape index (κ2) is 9.80. The SMILES string of the molecule is COC(=O)c1sc(-n2cnc3cc(OC)c(OC)cc32)cc1OC(C)c1cccc([N+](=O)[O-])c1Cl. The molecule has 0 aliphatic rings. The lowest BCUT2D eigenvalue weighted by atomic mass is 10.1. The molecule has 0 amide bonds. The summed E-state index contributed by atoms with van der Waals surface area (Å²) in [6.45, 7) is 1.69. The first-order valence-electron chi connectivity index (χ1n) is 10.2. The van der Waals surface area contributed by atoms with Crippen molar-refractivity contribution in [2.24, 2.45) is 0 Å². The van der Waals surface area contributed by atoms with Crippen LogP contribution in [0, 0.1) is 10.1 Å². The third-order valence-electron chi connectivity index (χ3n) is 5.29. The Morgan fingerprint density at radius 2 is 1.86 bits per heavy atom. The van der Waals surface area contributed by atoms with Gasteiger partial charge in [0.15, 0.2) is 16.4 Å². The Labute approximate surface area is 208 Å². The Bertz CT molecular complexity index is 1430. The Balaban J connectivity index is 1.76. The highest BCUT2D eigenvalue weighted by atomic mass is 35.5. The van der Waals surface area contributed by atoms with E-state index in [0.29, 0.717) is 27.6 Å². The van der Waals surface area contributed by atoms with Crippen molar-refractivity contribution in [2.45, 2.75) is 13.0 Å². The molecule has 2 aromatic carbocycles. The number of methoxy groups -OCH3 is 3. The van der Waals surface area contributed by atoms with Crippen LogP contribution in [0.4, 0.5) is 5.69 Å². The van der Waals surface area contributed by atoms with Gasteiger partial charge in [-0.2, -0.15) is 0 Å². The van der Waals surface area contributed by atoms with Crippen molar-refractivity contribution in [3.8, 4) is 22.2 Å². The van der Waals surface area contributed by atoms with Gasteiger partial charge in [0.2, 0.25) is 0 Å². The molecule has 2 aromatic heterocycles. The highest BCUT2D eigenvalue weighted by molar-refractivity contribution is 7.16. The number of carbonyl (C=O) groups excluding carboxylic acids is 1. The van der Waals surface area contributed by atoms with Crippen LogP contribution in [0.5, 0.6) is 17.2 Å². The zero-order valence-electron chi connectivity index (χ0n) is 19.1. The summed E-state index contributed by atoms with van der Waals surface area (Å²) in [6.07, 6.45) is 0.915. The van der Waals surface area contributed by atoms with Crippen molar-refractivity contribution in [1.82, 2.24) is 9.55 Å². The van der Waals surface area contributed by atoms with E-state index in [2.05, 4.69) is 4.98 Å². The monoisotopic (exact) mass is 517 g/mol. The minimum atomic E-state index is -0.697. The van der Waals surface area contributed by atoms with E-state index in [1.54, 1.807) is 49.2 Å². The van der Waals surface area contributed by atoms with E-state index in [1.807, 2.05) is 0 Å². The maximum atomic E-state index is 12.5. The topological polar surface area (TPSA) is 115 Å². The fraction of sp³-hybridized carbons (Fsp3) is 0.217. The maximum absolute atomic E-state index is 12.5. The third-order valence-corrected chi connectivity index (χ3v) is 6.80. The van der Waals surface area contributed by atoms with Gasteiger partial charge in [-0.1, -0.05) is 23.7 Å². The van der Waals surface area contributed by atoms with E-state index in [4.69, 9.17) is 30.5 Å². The van der Waals surface area contributed by atoms with Crippen LogP contribution in [0.15, 0.2) is 42.7 Å². The van der Waals surface area contributed by atoms with E-state index < -0.39 is 17.0 Å². The van der Waals surface area contributed by atoms with Crippen molar-refractivity contribution >= 4 is 45.6 Å². The van der Waals surface area contributed by atoms with E-state index >= 15 is 0 Å². The largest absolute Gasteiger partial charge is 0.493 e. The van der Waals surface area contributed by atoms with Gasteiger partial charge in [0, 0.05) is 29.8 Å². The molecule has 0 bridgehead atoms. The molecule has 0 radical (unpaired) electrons. The summed E-state index contributed by atoms with van der Waals surface area (Å²) in [7, 11) is 4.36. The molecule has 0 saturated carbocycles. The minimum absolute atomic E-state index is 0.0262. The molecule has 4 aromatic rings. The number of fused-ring (bicyclic) bond motifs is 1. The maximum Gasteiger partial charge on any atom is 0.351 e. The first-order valence-corrected chi connectivity index (χ1v) is 11.4. The normalized spacial score (nSPS) is 11.8. The molecule has 0 aliphatic carbocycles. The number of nitro benzene ring substituents is 1. The van der Waals surface area contributed by atoms with Crippen LogP contribution in [0.2, 0.25) is 5.02 Å². The van der Waals surface area contributed by atoms with Crippen LogP contribution in [0.3, 0.4) is 0 Å². The Kier molecular flexibility index (Phi) is 6.81. The molecule has 12 heteroatoms. The molecule has 1 atom stereocenters. The zero-order valence-corrected chi connectivity index (χ0v) is 20.7. The van der Waals surface area contributed by atoms with E-state index in [9.17, 15) is 14.9 Å². The number of benzene rings is 2. The van der Waals surface area contributed by atoms with E-state index in [0.717, 1.165) is 16.9 Å². The molecule has 0 N–H and O–H groups in total. The van der Waals surface area contributed by atoms with Crippen LogP contribution >= 0.6 is 22.9 Å². The molecule has 0 fully saturated rings. The van der Waals surface area contributed by atoms with Gasteiger partial charge in [-0.3, -0.25) is 14.7 Å².